The van der Waals surface area contributed by atoms with Crippen molar-refractivity contribution >= 4 is 10.0 Å². The number of benzene rings is 1. The Kier molecular flexibility index (Phi) is 6.38. The average Bonchev–Trinajstić information content (AvgIpc) is 2.38. The second-order valence-corrected chi connectivity index (χ2v) is 8.16. The highest BCUT2D eigenvalue weighted by molar-refractivity contribution is 7.89. The lowest BCUT2D eigenvalue weighted by Gasteiger charge is -2.30. The maximum atomic E-state index is 12.4. The average molecular weight is 313 g/mol. The summed E-state index contributed by atoms with van der Waals surface area (Å²) in [5, 5.41) is 9.13. The van der Waals surface area contributed by atoms with Gasteiger partial charge in [-0.1, -0.05) is 46.2 Å². The van der Waals surface area contributed by atoms with Crippen LogP contribution in [0.1, 0.15) is 46.1 Å². The number of aliphatic hydroxyl groups is 1. The van der Waals surface area contributed by atoms with Crippen molar-refractivity contribution in [2.45, 2.75) is 57.9 Å². The summed E-state index contributed by atoms with van der Waals surface area (Å²) in [5.74, 6) is 0. The maximum absolute atomic E-state index is 12.4. The van der Waals surface area contributed by atoms with E-state index in [2.05, 4.69) is 11.6 Å². The zero-order valence-electron chi connectivity index (χ0n) is 13.4. The van der Waals surface area contributed by atoms with Gasteiger partial charge in [-0.2, -0.15) is 0 Å². The van der Waals surface area contributed by atoms with Crippen molar-refractivity contribution < 1.29 is 13.5 Å². The van der Waals surface area contributed by atoms with Gasteiger partial charge < -0.3 is 5.11 Å². The van der Waals surface area contributed by atoms with Gasteiger partial charge >= 0.3 is 0 Å². The Morgan fingerprint density at radius 1 is 1.19 bits per heavy atom. The largest absolute Gasteiger partial charge is 0.396 e. The molecule has 5 heteroatoms. The highest BCUT2D eigenvalue weighted by atomic mass is 32.2. The van der Waals surface area contributed by atoms with E-state index in [-0.39, 0.29) is 23.0 Å². The zero-order chi connectivity index (χ0) is 16.1. The Balaban J connectivity index is 2.93. The van der Waals surface area contributed by atoms with E-state index in [1.54, 1.807) is 12.1 Å². The van der Waals surface area contributed by atoms with Gasteiger partial charge in [-0.3, -0.25) is 0 Å². The second-order valence-electron chi connectivity index (χ2n) is 6.45. The third-order valence-electron chi connectivity index (χ3n) is 3.53. The summed E-state index contributed by atoms with van der Waals surface area (Å²) in [6, 6.07) is 6.70. The van der Waals surface area contributed by atoms with Crippen LogP contribution in [0.25, 0.3) is 0 Å². The number of aryl methyl sites for hydroxylation is 1. The van der Waals surface area contributed by atoms with Crippen molar-refractivity contribution in [1.29, 1.82) is 0 Å². The predicted octanol–water partition coefficient (Wildman–Crippen LogP) is 2.71. The smallest absolute Gasteiger partial charge is 0.240 e. The number of sulfonamides is 1. The number of nitrogens with one attached hydrogen (secondary N) is 1. The van der Waals surface area contributed by atoms with Crippen LogP contribution in [0.15, 0.2) is 29.2 Å². The molecule has 1 atom stereocenters. The minimum absolute atomic E-state index is 0.0418. The predicted molar refractivity (Wildman–Crippen MR) is 85.7 cm³/mol. The second kappa shape index (κ2) is 7.38. The first-order valence-electron chi connectivity index (χ1n) is 7.43. The molecule has 1 rings (SSSR count). The van der Waals surface area contributed by atoms with Crippen LogP contribution in [0.5, 0.6) is 0 Å². The fourth-order valence-electron chi connectivity index (χ4n) is 2.18. The first kappa shape index (κ1) is 18.1. The first-order valence-corrected chi connectivity index (χ1v) is 8.91. The van der Waals surface area contributed by atoms with Gasteiger partial charge in [-0.05, 0) is 36.0 Å². The van der Waals surface area contributed by atoms with Crippen molar-refractivity contribution in [3.8, 4) is 0 Å². The number of hydrogen-bond acceptors (Lipinski definition) is 3. The Bertz CT molecular complexity index is 530. The molecule has 0 aliphatic heterocycles. The summed E-state index contributed by atoms with van der Waals surface area (Å²) in [5.41, 5.74) is 0.886. The van der Waals surface area contributed by atoms with Crippen LogP contribution in [0.4, 0.5) is 0 Å². The minimum Gasteiger partial charge on any atom is -0.396 e. The molecule has 0 saturated heterocycles. The summed E-state index contributed by atoms with van der Waals surface area (Å²) in [6.45, 7) is 7.93. The van der Waals surface area contributed by atoms with Gasteiger partial charge in [-0.15, -0.1) is 0 Å². The molecule has 1 aromatic rings. The molecule has 0 heterocycles. The van der Waals surface area contributed by atoms with Crippen molar-refractivity contribution in [3.63, 3.8) is 0 Å². The topological polar surface area (TPSA) is 66.4 Å². The standard InChI is InChI=1S/C16H27NO3S/c1-5-6-13-7-9-14(10-8-13)21(19,20)17-15(11-12-18)16(2,3)4/h7-10,15,17-18H,5-6,11-12H2,1-4H3. The Hall–Kier alpha value is -0.910. The third-order valence-corrected chi connectivity index (χ3v) is 5.02. The Morgan fingerprint density at radius 2 is 1.76 bits per heavy atom. The van der Waals surface area contributed by atoms with Gasteiger partial charge in [0.05, 0.1) is 4.90 Å². The van der Waals surface area contributed by atoms with Gasteiger partial charge in [0.25, 0.3) is 0 Å². The van der Waals surface area contributed by atoms with Gasteiger partial charge in [0.1, 0.15) is 0 Å². The molecule has 120 valence electrons. The lowest BCUT2D eigenvalue weighted by Crippen LogP contribution is -2.44. The fraction of sp³-hybridized carbons (Fsp3) is 0.625. The SMILES string of the molecule is CCCc1ccc(S(=O)(=O)NC(CCO)C(C)(C)C)cc1. The highest BCUT2D eigenvalue weighted by Gasteiger charge is 2.29. The molecule has 0 bridgehead atoms. The molecule has 2 N–H and O–H groups in total. The molecule has 1 aromatic carbocycles. The van der Waals surface area contributed by atoms with Crippen molar-refractivity contribution in [2.75, 3.05) is 6.61 Å². The van der Waals surface area contributed by atoms with E-state index in [9.17, 15) is 8.42 Å². The summed E-state index contributed by atoms with van der Waals surface area (Å²) in [7, 11) is -3.56. The van der Waals surface area contributed by atoms with Gasteiger partial charge in [0.2, 0.25) is 10.0 Å². The molecular formula is C16H27NO3S. The van der Waals surface area contributed by atoms with Gasteiger partial charge in [-0.25, -0.2) is 13.1 Å². The van der Waals surface area contributed by atoms with E-state index >= 15 is 0 Å². The molecule has 0 aromatic heterocycles. The summed E-state index contributed by atoms with van der Waals surface area (Å²) >= 11 is 0. The van der Waals surface area contributed by atoms with Crippen LogP contribution in [-0.4, -0.2) is 26.2 Å². The fourth-order valence-corrected chi connectivity index (χ4v) is 3.65. The van der Waals surface area contributed by atoms with Crippen LogP contribution in [0.3, 0.4) is 0 Å². The molecule has 0 fully saturated rings. The number of hydrogen-bond donors (Lipinski definition) is 2. The Labute approximate surface area is 128 Å². The summed E-state index contributed by atoms with van der Waals surface area (Å²) in [4.78, 5) is 0.273. The van der Waals surface area contributed by atoms with Crippen molar-refractivity contribution in [2.24, 2.45) is 5.41 Å². The molecule has 1 unspecified atom stereocenters. The van der Waals surface area contributed by atoms with Crippen molar-refractivity contribution in [1.82, 2.24) is 4.72 Å². The van der Waals surface area contributed by atoms with Crippen LogP contribution in [0, 0.1) is 5.41 Å². The number of aliphatic hydroxyl groups excluding tert-OH is 1. The Morgan fingerprint density at radius 3 is 2.19 bits per heavy atom. The lowest BCUT2D eigenvalue weighted by atomic mass is 9.86. The van der Waals surface area contributed by atoms with E-state index in [4.69, 9.17) is 5.11 Å². The summed E-state index contributed by atoms with van der Waals surface area (Å²) in [6.07, 6.45) is 2.38. The molecule has 21 heavy (non-hydrogen) atoms. The third kappa shape index (κ3) is 5.41. The van der Waals surface area contributed by atoms with E-state index in [1.165, 1.54) is 0 Å². The molecule has 0 radical (unpaired) electrons. The maximum Gasteiger partial charge on any atom is 0.240 e. The number of rotatable bonds is 7. The van der Waals surface area contributed by atoms with Crippen LogP contribution in [-0.2, 0) is 16.4 Å². The van der Waals surface area contributed by atoms with Gasteiger partial charge in [0, 0.05) is 12.6 Å². The first-order chi connectivity index (χ1) is 9.70. The van der Waals surface area contributed by atoms with E-state index < -0.39 is 10.0 Å². The molecule has 0 amide bonds. The lowest BCUT2D eigenvalue weighted by molar-refractivity contribution is 0.214. The molecule has 0 aliphatic rings. The van der Waals surface area contributed by atoms with Gasteiger partial charge in [0.15, 0.2) is 0 Å². The van der Waals surface area contributed by atoms with Crippen LogP contribution >= 0.6 is 0 Å². The molecular weight excluding hydrogens is 286 g/mol. The van der Waals surface area contributed by atoms with E-state index in [0.29, 0.717) is 6.42 Å². The van der Waals surface area contributed by atoms with Crippen LogP contribution in [0.2, 0.25) is 0 Å². The normalized spacial score (nSPS) is 14.1. The monoisotopic (exact) mass is 313 g/mol. The summed E-state index contributed by atoms with van der Waals surface area (Å²) < 4.78 is 27.6. The van der Waals surface area contributed by atoms with Crippen molar-refractivity contribution in [3.05, 3.63) is 29.8 Å². The quantitative estimate of drug-likeness (QED) is 0.813. The highest BCUT2D eigenvalue weighted by Crippen LogP contribution is 2.24. The minimum atomic E-state index is -3.56. The molecule has 4 nitrogen and oxygen atoms in total. The zero-order valence-corrected chi connectivity index (χ0v) is 14.2. The van der Waals surface area contributed by atoms with Crippen LogP contribution < -0.4 is 4.72 Å². The van der Waals surface area contributed by atoms with E-state index in [1.807, 2.05) is 32.9 Å². The molecule has 0 spiro atoms. The molecule has 0 aliphatic carbocycles. The van der Waals surface area contributed by atoms with E-state index in [0.717, 1.165) is 18.4 Å². The molecule has 0 saturated carbocycles.